The molecule has 0 aliphatic rings. The zero-order valence-electron chi connectivity index (χ0n) is 7.13. The van der Waals surface area contributed by atoms with Crippen LogP contribution in [0.15, 0.2) is 65.8 Å². The number of benzene rings is 1. The van der Waals surface area contributed by atoms with E-state index < -0.39 is 0 Å². The van der Waals surface area contributed by atoms with Gasteiger partial charge in [0, 0.05) is 12.1 Å². The molecular formula is C11H10NS+. The third-order valence-corrected chi connectivity index (χ3v) is 2.58. The van der Waals surface area contributed by atoms with Crippen LogP contribution in [0.3, 0.4) is 0 Å². The maximum atomic E-state index is 2.10. The van der Waals surface area contributed by atoms with Gasteiger partial charge in [0.1, 0.15) is 0 Å². The summed E-state index contributed by atoms with van der Waals surface area (Å²) < 4.78 is 2.08. The van der Waals surface area contributed by atoms with E-state index in [9.17, 15) is 0 Å². The summed E-state index contributed by atoms with van der Waals surface area (Å²) in [6.45, 7) is 0. The molecule has 0 spiro atoms. The van der Waals surface area contributed by atoms with Crippen molar-refractivity contribution in [1.82, 2.24) is 0 Å². The van der Waals surface area contributed by atoms with Gasteiger partial charge in [-0.25, -0.2) is 0 Å². The fraction of sp³-hybridized carbons (Fsp3) is 0. The predicted octanol–water partition coefficient (Wildman–Crippen LogP) is 2.53. The number of hydrogen-bond acceptors (Lipinski definition) is 1. The number of aromatic nitrogens is 1. The summed E-state index contributed by atoms with van der Waals surface area (Å²) in [6.07, 6.45) is 4.08. The molecule has 13 heavy (non-hydrogen) atoms. The minimum Gasteiger partial charge on any atom is -0.130 e. The average molecular weight is 188 g/mol. The Morgan fingerprint density at radius 2 is 1.38 bits per heavy atom. The van der Waals surface area contributed by atoms with E-state index in [1.165, 1.54) is 4.90 Å². The number of pyridine rings is 1. The molecule has 1 heterocycles. The second-order valence-electron chi connectivity index (χ2n) is 2.64. The molecule has 0 atom stereocenters. The van der Waals surface area contributed by atoms with Crippen LogP contribution in [0.5, 0.6) is 0 Å². The lowest BCUT2D eigenvalue weighted by Gasteiger charge is -1.92. The van der Waals surface area contributed by atoms with Crippen molar-refractivity contribution in [3.8, 4) is 0 Å². The monoisotopic (exact) mass is 188 g/mol. The molecule has 0 fully saturated rings. The molecular weight excluding hydrogens is 178 g/mol. The van der Waals surface area contributed by atoms with Gasteiger partial charge in [0.05, 0.1) is 4.90 Å². The summed E-state index contributed by atoms with van der Waals surface area (Å²) in [4.78, 5) is 1.25. The van der Waals surface area contributed by atoms with Gasteiger partial charge in [-0.05, 0) is 12.1 Å². The van der Waals surface area contributed by atoms with Gasteiger partial charge in [-0.2, -0.15) is 0 Å². The Labute approximate surface area is 82.2 Å². The van der Waals surface area contributed by atoms with Gasteiger partial charge in [0.25, 0.3) is 0 Å². The maximum Gasteiger partial charge on any atom is 0.202 e. The van der Waals surface area contributed by atoms with Crippen LogP contribution in [0.1, 0.15) is 0 Å². The molecule has 0 saturated heterocycles. The highest BCUT2D eigenvalue weighted by molar-refractivity contribution is 7.92. The van der Waals surface area contributed by atoms with Crippen LogP contribution < -0.4 is 3.97 Å². The van der Waals surface area contributed by atoms with Crippen LogP contribution >= 0.6 is 11.9 Å². The Hall–Kier alpha value is -1.28. The standard InChI is InChI=1S/C11H10NS/c1-3-7-11(8-4-1)13-12-9-5-2-6-10-12/h1-10H/q+1. The van der Waals surface area contributed by atoms with E-state index in [1.54, 1.807) is 11.9 Å². The zero-order chi connectivity index (χ0) is 8.93. The summed E-state index contributed by atoms with van der Waals surface area (Å²) in [5.74, 6) is 0. The van der Waals surface area contributed by atoms with Crippen LogP contribution in [0, 0.1) is 0 Å². The molecule has 64 valence electrons. The van der Waals surface area contributed by atoms with Crippen LogP contribution in [-0.2, 0) is 0 Å². The quantitative estimate of drug-likeness (QED) is 0.655. The molecule has 2 heteroatoms. The van der Waals surface area contributed by atoms with E-state index in [-0.39, 0.29) is 0 Å². The topological polar surface area (TPSA) is 3.88 Å². The maximum absolute atomic E-state index is 2.10. The minimum atomic E-state index is 1.25. The lowest BCUT2D eigenvalue weighted by atomic mass is 10.4. The highest BCUT2D eigenvalue weighted by Gasteiger charge is 2.01. The van der Waals surface area contributed by atoms with E-state index in [0.29, 0.717) is 0 Å². The molecule has 0 saturated carbocycles. The van der Waals surface area contributed by atoms with Gasteiger partial charge in [-0.1, -0.05) is 24.3 Å². The smallest absolute Gasteiger partial charge is 0.130 e. The molecule has 0 aliphatic heterocycles. The second kappa shape index (κ2) is 4.10. The molecule has 2 aromatic rings. The van der Waals surface area contributed by atoms with E-state index in [0.717, 1.165) is 0 Å². The van der Waals surface area contributed by atoms with Crippen LogP contribution in [0.4, 0.5) is 0 Å². The summed E-state index contributed by atoms with van der Waals surface area (Å²) in [6, 6.07) is 16.4. The van der Waals surface area contributed by atoms with Crippen molar-refractivity contribution in [3.63, 3.8) is 0 Å². The fourth-order valence-corrected chi connectivity index (χ4v) is 1.83. The number of hydrogen-bond donors (Lipinski definition) is 0. The SMILES string of the molecule is c1ccc(S[n+]2ccccc2)cc1. The van der Waals surface area contributed by atoms with Crippen LogP contribution in [-0.4, -0.2) is 0 Å². The van der Waals surface area contributed by atoms with Crippen LogP contribution in [0.2, 0.25) is 0 Å². The first-order valence-electron chi connectivity index (χ1n) is 4.15. The predicted molar refractivity (Wildman–Crippen MR) is 54.3 cm³/mol. The molecule has 0 aliphatic carbocycles. The first kappa shape index (κ1) is 8.32. The third kappa shape index (κ3) is 2.33. The molecule has 2 rings (SSSR count). The van der Waals surface area contributed by atoms with Gasteiger partial charge in [-0.15, -0.1) is 3.97 Å². The Bertz CT molecular complexity index is 321. The normalized spacial score (nSPS) is 9.85. The third-order valence-electron chi connectivity index (χ3n) is 1.64. The molecule has 1 nitrogen and oxygen atoms in total. The number of nitrogens with zero attached hydrogens (tertiary/aromatic N) is 1. The lowest BCUT2D eigenvalue weighted by Crippen LogP contribution is -2.22. The van der Waals surface area contributed by atoms with Gasteiger partial charge in [0.2, 0.25) is 11.9 Å². The van der Waals surface area contributed by atoms with Crippen LogP contribution in [0.25, 0.3) is 0 Å². The summed E-state index contributed by atoms with van der Waals surface area (Å²) in [5.41, 5.74) is 0. The van der Waals surface area contributed by atoms with E-state index >= 15 is 0 Å². The van der Waals surface area contributed by atoms with Crippen molar-refractivity contribution in [2.24, 2.45) is 0 Å². The summed E-state index contributed by atoms with van der Waals surface area (Å²) >= 11 is 1.70. The Morgan fingerprint density at radius 1 is 0.769 bits per heavy atom. The fourth-order valence-electron chi connectivity index (χ4n) is 1.05. The molecule has 0 amide bonds. The molecule has 0 radical (unpaired) electrons. The Balaban J connectivity index is 2.16. The average Bonchev–Trinajstić information content (AvgIpc) is 2.21. The van der Waals surface area contributed by atoms with E-state index in [4.69, 9.17) is 0 Å². The Morgan fingerprint density at radius 3 is 2.08 bits per heavy atom. The molecule has 1 aromatic carbocycles. The van der Waals surface area contributed by atoms with Crippen molar-refractivity contribution in [3.05, 3.63) is 60.9 Å². The van der Waals surface area contributed by atoms with Gasteiger partial charge >= 0.3 is 0 Å². The highest BCUT2D eigenvalue weighted by Crippen LogP contribution is 2.11. The number of rotatable bonds is 2. The Kier molecular flexibility index (Phi) is 2.62. The van der Waals surface area contributed by atoms with Crippen molar-refractivity contribution in [2.45, 2.75) is 4.90 Å². The van der Waals surface area contributed by atoms with Crippen molar-refractivity contribution >= 4 is 11.9 Å². The van der Waals surface area contributed by atoms with Crippen molar-refractivity contribution in [1.29, 1.82) is 0 Å². The second-order valence-corrected chi connectivity index (χ2v) is 3.72. The van der Waals surface area contributed by atoms with Crippen molar-refractivity contribution < 1.29 is 3.97 Å². The van der Waals surface area contributed by atoms with E-state index in [1.807, 2.05) is 48.8 Å². The first-order chi connectivity index (χ1) is 6.45. The molecule has 0 unspecified atom stereocenters. The largest absolute Gasteiger partial charge is 0.202 e. The molecule has 0 N–H and O–H groups in total. The van der Waals surface area contributed by atoms with Gasteiger partial charge < -0.3 is 0 Å². The van der Waals surface area contributed by atoms with Crippen molar-refractivity contribution in [2.75, 3.05) is 0 Å². The summed E-state index contributed by atoms with van der Waals surface area (Å²) in [5, 5.41) is 0. The lowest BCUT2D eigenvalue weighted by molar-refractivity contribution is -0.494. The first-order valence-corrected chi connectivity index (χ1v) is 4.92. The zero-order valence-corrected chi connectivity index (χ0v) is 7.95. The minimum absolute atomic E-state index is 1.25. The summed E-state index contributed by atoms with van der Waals surface area (Å²) in [7, 11) is 0. The van der Waals surface area contributed by atoms with Gasteiger partial charge in [0.15, 0.2) is 12.4 Å². The highest BCUT2D eigenvalue weighted by atomic mass is 32.2. The molecule has 0 bridgehead atoms. The molecule has 1 aromatic heterocycles. The van der Waals surface area contributed by atoms with E-state index in [2.05, 4.69) is 16.1 Å². The van der Waals surface area contributed by atoms with Gasteiger partial charge in [-0.3, -0.25) is 0 Å².